The SMILES string of the molecule is CCCCCCCCCCCCCCCC(=O)N(O)CCCCC(NC(=O)C1(C)COC(c2ccccc2O)=N1)C(=O)OC(C)CC(=O)NC1CCCCN(O[Si](c2ccccc2)(c2ccccc2)C(C)(C)C)C1=O. The number of nitrogens with zero attached hydrogens (tertiary/aromatic N) is 3. The molecule has 2 heterocycles. The summed E-state index contributed by atoms with van der Waals surface area (Å²) in [5.41, 5.74) is -1.14. The van der Waals surface area contributed by atoms with E-state index in [1.807, 2.05) is 36.4 Å². The van der Waals surface area contributed by atoms with Crippen LogP contribution in [0.4, 0.5) is 0 Å². The Morgan fingerprint density at radius 1 is 0.827 bits per heavy atom. The molecule has 1 saturated heterocycles. The molecule has 4 unspecified atom stereocenters. The molecule has 0 spiro atoms. The van der Waals surface area contributed by atoms with E-state index in [1.54, 1.807) is 32.0 Å². The second-order valence-electron chi connectivity index (χ2n) is 21.8. The highest BCUT2D eigenvalue weighted by atomic mass is 28.4. The van der Waals surface area contributed by atoms with Crippen LogP contribution >= 0.6 is 0 Å². The Morgan fingerprint density at radius 2 is 1.40 bits per heavy atom. The summed E-state index contributed by atoms with van der Waals surface area (Å²) in [7, 11) is -3.16. The highest BCUT2D eigenvalue weighted by Crippen LogP contribution is 2.38. The van der Waals surface area contributed by atoms with Gasteiger partial charge in [0.15, 0.2) is 5.54 Å². The van der Waals surface area contributed by atoms with Crippen LogP contribution in [0.15, 0.2) is 89.9 Å². The maximum absolute atomic E-state index is 14.4. The molecule has 2 aliphatic heterocycles. The summed E-state index contributed by atoms with van der Waals surface area (Å²) >= 11 is 0. The Hall–Kier alpha value is -5.58. The fraction of sp³-hybridized carbons (Fsp3) is 0.593. The number of hydroxylamine groups is 4. The van der Waals surface area contributed by atoms with Crippen molar-refractivity contribution >= 4 is 54.2 Å². The van der Waals surface area contributed by atoms with Crippen LogP contribution in [-0.4, -0.2) is 108 Å². The first-order valence-corrected chi connectivity index (χ1v) is 29.8. The van der Waals surface area contributed by atoms with Crippen LogP contribution < -0.4 is 21.0 Å². The first-order chi connectivity index (χ1) is 36.0. The monoisotopic (exact) mass is 1050 g/mol. The molecule has 0 bridgehead atoms. The average Bonchev–Trinajstić information content (AvgIpc) is 3.72. The van der Waals surface area contributed by atoms with E-state index >= 15 is 0 Å². The van der Waals surface area contributed by atoms with Crippen molar-refractivity contribution < 1.29 is 48.3 Å². The standard InChI is InChI=1S/C59H87N5O10Si/c1-7-8-9-10-11-12-13-14-15-16-17-18-25-40-53(67)63(71)41-30-28-38-50(61-57(70)59(6)44-72-54(62-59)48-36-26-27-39-51(48)65)56(69)73-45(2)43-52(66)60-49-37-29-31-42-64(55(49)68)74-75(58(3,4)5,46-32-21-19-22-33-46)47-34-23-20-24-35-47/h19-24,26-27,32-36,39,45,49-50,65,71H,7-18,25,28-31,37-38,40-44H2,1-6H3,(H,60,66)(H,61,70). The zero-order valence-corrected chi connectivity index (χ0v) is 46.8. The van der Waals surface area contributed by atoms with Gasteiger partial charge in [-0.15, -0.1) is 0 Å². The number of carbonyl (C=O) groups excluding carboxylic acids is 5. The van der Waals surface area contributed by atoms with Gasteiger partial charge in [-0.05, 0) is 86.3 Å². The van der Waals surface area contributed by atoms with Gasteiger partial charge in [-0.1, -0.05) is 178 Å². The Labute approximate surface area is 447 Å². The van der Waals surface area contributed by atoms with Gasteiger partial charge >= 0.3 is 5.97 Å². The lowest BCUT2D eigenvalue weighted by Gasteiger charge is -2.45. The van der Waals surface area contributed by atoms with Gasteiger partial charge in [-0.3, -0.25) is 24.4 Å². The third-order valence-electron chi connectivity index (χ3n) is 14.4. The molecule has 0 aliphatic carbocycles. The van der Waals surface area contributed by atoms with Crippen molar-refractivity contribution in [2.75, 3.05) is 19.7 Å². The van der Waals surface area contributed by atoms with Gasteiger partial charge in [-0.25, -0.2) is 19.9 Å². The van der Waals surface area contributed by atoms with Gasteiger partial charge in [0, 0.05) is 19.5 Å². The maximum atomic E-state index is 14.4. The molecule has 4 N–H and O–H groups in total. The summed E-state index contributed by atoms with van der Waals surface area (Å²) in [5, 5.41) is 30.6. The van der Waals surface area contributed by atoms with Gasteiger partial charge in [0.05, 0.1) is 12.0 Å². The zero-order valence-electron chi connectivity index (χ0n) is 45.8. The molecule has 4 amide bonds. The zero-order chi connectivity index (χ0) is 54.3. The minimum atomic E-state index is -3.16. The summed E-state index contributed by atoms with van der Waals surface area (Å²) in [6.07, 6.45) is 17.1. The van der Waals surface area contributed by atoms with E-state index in [0.29, 0.717) is 50.6 Å². The van der Waals surface area contributed by atoms with E-state index in [4.69, 9.17) is 14.0 Å². The number of nitrogens with one attached hydrogen (secondary N) is 2. The molecule has 15 nitrogen and oxygen atoms in total. The average molecular weight is 1050 g/mol. The molecule has 0 radical (unpaired) electrons. The highest BCUT2D eigenvalue weighted by Gasteiger charge is 2.53. The van der Waals surface area contributed by atoms with Crippen LogP contribution in [0.5, 0.6) is 5.75 Å². The van der Waals surface area contributed by atoms with Gasteiger partial charge in [0.25, 0.3) is 20.1 Å². The number of esters is 1. The predicted molar refractivity (Wildman–Crippen MR) is 295 cm³/mol. The number of aliphatic imine (C=N–C) groups is 1. The summed E-state index contributed by atoms with van der Waals surface area (Å²) in [4.78, 5) is 73.4. The fourth-order valence-corrected chi connectivity index (χ4v) is 14.4. The molecule has 1 fully saturated rings. The highest BCUT2D eigenvalue weighted by molar-refractivity contribution is 6.99. The number of unbranched alkanes of at least 4 members (excludes halogenated alkanes) is 13. The van der Waals surface area contributed by atoms with E-state index < -0.39 is 54.9 Å². The number of hydrogen-bond donors (Lipinski definition) is 4. The normalized spacial score (nSPS) is 17.8. The van der Waals surface area contributed by atoms with Gasteiger partial charge < -0.3 is 29.7 Å². The van der Waals surface area contributed by atoms with Crippen molar-refractivity contribution in [2.24, 2.45) is 4.99 Å². The van der Waals surface area contributed by atoms with E-state index in [2.05, 4.69) is 67.6 Å². The lowest BCUT2D eigenvalue weighted by Crippen LogP contribution is -2.69. The first-order valence-electron chi connectivity index (χ1n) is 27.9. The summed E-state index contributed by atoms with van der Waals surface area (Å²) < 4.78 is 18.7. The van der Waals surface area contributed by atoms with Crippen molar-refractivity contribution in [1.82, 2.24) is 20.8 Å². The van der Waals surface area contributed by atoms with Crippen LogP contribution in [0.25, 0.3) is 0 Å². The Morgan fingerprint density at radius 3 is 1.99 bits per heavy atom. The number of rotatable bonds is 31. The molecule has 3 aromatic rings. The van der Waals surface area contributed by atoms with Crippen LogP contribution in [-0.2, 0) is 38.0 Å². The third-order valence-corrected chi connectivity index (χ3v) is 19.3. The van der Waals surface area contributed by atoms with E-state index in [-0.39, 0.29) is 55.9 Å². The van der Waals surface area contributed by atoms with Gasteiger partial charge in [0.1, 0.15) is 30.5 Å². The number of phenols is 1. The Kier molecular flexibility index (Phi) is 24.3. The molecule has 5 rings (SSSR count). The molecule has 0 aromatic heterocycles. The second-order valence-corrected chi connectivity index (χ2v) is 26.0. The number of amides is 4. The second kappa shape index (κ2) is 30.2. The quantitative estimate of drug-likeness (QED) is 0.0158. The van der Waals surface area contributed by atoms with E-state index in [0.717, 1.165) is 34.7 Å². The first kappa shape index (κ1) is 60.3. The Bertz CT molecular complexity index is 2250. The molecule has 3 aromatic carbocycles. The summed E-state index contributed by atoms with van der Waals surface area (Å²) in [6, 6.07) is 24.5. The molecule has 412 valence electrons. The van der Waals surface area contributed by atoms with E-state index in [1.165, 1.54) is 68.9 Å². The molecule has 4 atom stereocenters. The molecule has 0 saturated carbocycles. The molecule has 16 heteroatoms. The van der Waals surface area contributed by atoms with Crippen molar-refractivity contribution in [3.63, 3.8) is 0 Å². The fourth-order valence-electron chi connectivity index (χ4n) is 9.99. The molecular formula is C59H87N5O10Si. The maximum Gasteiger partial charge on any atom is 0.328 e. The number of hydrogen-bond acceptors (Lipinski definition) is 11. The van der Waals surface area contributed by atoms with Gasteiger partial charge in [-0.2, -0.15) is 0 Å². The number of ether oxygens (including phenoxy) is 2. The number of phenolic OH excluding ortho intramolecular Hbond substituents is 1. The molecule has 75 heavy (non-hydrogen) atoms. The van der Waals surface area contributed by atoms with Gasteiger partial charge in [0.2, 0.25) is 17.7 Å². The summed E-state index contributed by atoms with van der Waals surface area (Å²) in [6.45, 7) is 12.0. The van der Waals surface area contributed by atoms with Crippen LogP contribution in [0.2, 0.25) is 5.04 Å². The summed E-state index contributed by atoms with van der Waals surface area (Å²) in [5.74, 6) is -2.57. The lowest BCUT2D eigenvalue weighted by atomic mass is 10.0. The Balaban J connectivity index is 1.16. The number of para-hydroxylation sites is 1. The minimum Gasteiger partial charge on any atom is -0.507 e. The molecule has 2 aliphatic rings. The van der Waals surface area contributed by atoms with Crippen molar-refractivity contribution in [3.8, 4) is 5.75 Å². The van der Waals surface area contributed by atoms with Crippen LogP contribution in [0.1, 0.15) is 182 Å². The topological polar surface area (TPSA) is 196 Å². The van der Waals surface area contributed by atoms with Crippen LogP contribution in [0.3, 0.4) is 0 Å². The van der Waals surface area contributed by atoms with E-state index in [9.17, 15) is 34.3 Å². The number of benzene rings is 3. The number of carbonyl (C=O) groups is 5. The van der Waals surface area contributed by atoms with Crippen LogP contribution in [0, 0.1) is 0 Å². The van der Waals surface area contributed by atoms with Crippen molar-refractivity contribution in [3.05, 3.63) is 90.5 Å². The predicted octanol–water partition coefficient (Wildman–Crippen LogP) is 9.59. The van der Waals surface area contributed by atoms with Crippen molar-refractivity contribution in [1.29, 1.82) is 0 Å². The smallest absolute Gasteiger partial charge is 0.328 e. The third kappa shape index (κ3) is 18.0. The van der Waals surface area contributed by atoms with Crippen molar-refractivity contribution in [2.45, 2.75) is 205 Å². The lowest BCUT2D eigenvalue weighted by molar-refractivity contribution is -0.165. The number of aromatic hydroxyl groups is 1. The molecular weight excluding hydrogens is 967 g/mol. The minimum absolute atomic E-state index is 0.0452. The largest absolute Gasteiger partial charge is 0.507 e.